The molecule has 0 radical (unpaired) electrons. The summed E-state index contributed by atoms with van der Waals surface area (Å²) in [6, 6.07) is 0.558. The minimum Gasteiger partial charge on any atom is -0.466 e. The molecule has 0 aliphatic carbocycles. The zero-order valence-corrected chi connectivity index (χ0v) is 9.64. The van der Waals surface area contributed by atoms with Crippen LogP contribution in [0.5, 0.6) is 0 Å². The second-order valence-corrected chi connectivity index (χ2v) is 3.55. The van der Waals surface area contributed by atoms with Gasteiger partial charge in [0.1, 0.15) is 0 Å². The highest BCUT2D eigenvalue weighted by Gasteiger charge is 2.02. The van der Waals surface area contributed by atoms with Gasteiger partial charge >= 0.3 is 5.97 Å². The summed E-state index contributed by atoms with van der Waals surface area (Å²) in [6.45, 7) is 7.57. The highest BCUT2D eigenvalue weighted by molar-refractivity contribution is 5.69. The van der Waals surface area contributed by atoms with Gasteiger partial charge in [0, 0.05) is 12.5 Å². The smallest absolute Gasteiger partial charge is 0.305 e. The van der Waals surface area contributed by atoms with Gasteiger partial charge in [-0.15, -0.1) is 0 Å². The van der Waals surface area contributed by atoms with Gasteiger partial charge in [0.25, 0.3) is 0 Å². The number of esters is 1. The normalized spacial score (nSPS) is 12.5. The predicted octanol–water partition coefficient (Wildman–Crippen LogP) is 2.11. The highest BCUT2D eigenvalue weighted by atomic mass is 16.5. The Bertz CT molecular complexity index is 148. The first-order chi connectivity index (χ1) is 6.70. The summed E-state index contributed by atoms with van der Waals surface area (Å²) in [4.78, 5) is 11.0. The summed E-state index contributed by atoms with van der Waals surface area (Å²) in [6.07, 6.45) is 3.79. The summed E-state index contributed by atoms with van der Waals surface area (Å²) < 4.78 is 4.83. The Morgan fingerprint density at radius 2 is 2.14 bits per heavy atom. The number of nitrogens with one attached hydrogen (secondary N) is 1. The summed E-state index contributed by atoms with van der Waals surface area (Å²) in [5.74, 6) is -0.0857. The van der Waals surface area contributed by atoms with Gasteiger partial charge in [0.05, 0.1) is 6.61 Å². The third-order valence-electron chi connectivity index (χ3n) is 2.08. The lowest BCUT2D eigenvalue weighted by atomic mass is 10.2. The van der Waals surface area contributed by atoms with Gasteiger partial charge in [0.2, 0.25) is 0 Å². The second kappa shape index (κ2) is 9.00. The number of ether oxygens (including phenoxy) is 1. The molecule has 0 heterocycles. The van der Waals surface area contributed by atoms with Gasteiger partial charge in [0.15, 0.2) is 0 Å². The zero-order valence-electron chi connectivity index (χ0n) is 9.64. The van der Waals surface area contributed by atoms with Crippen LogP contribution in [0.4, 0.5) is 0 Å². The Morgan fingerprint density at radius 1 is 1.43 bits per heavy atom. The van der Waals surface area contributed by atoms with Crippen LogP contribution >= 0.6 is 0 Å². The quantitative estimate of drug-likeness (QED) is 0.483. The lowest BCUT2D eigenvalue weighted by molar-refractivity contribution is -0.143. The third kappa shape index (κ3) is 8.05. The molecule has 0 aromatic carbocycles. The molecule has 0 rings (SSSR count). The topological polar surface area (TPSA) is 38.3 Å². The van der Waals surface area contributed by atoms with Gasteiger partial charge < -0.3 is 10.1 Å². The Morgan fingerprint density at radius 3 is 2.71 bits per heavy atom. The van der Waals surface area contributed by atoms with Gasteiger partial charge in [-0.3, -0.25) is 4.79 Å². The first-order valence-corrected chi connectivity index (χ1v) is 5.59. The van der Waals surface area contributed by atoms with E-state index in [0.29, 0.717) is 19.1 Å². The molecule has 0 saturated heterocycles. The van der Waals surface area contributed by atoms with Gasteiger partial charge in [-0.25, -0.2) is 0 Å². The molecule has 1 unspecified atom stereocenters. The van der Waals surface area contributed by atoms with Crippen molar-refractivity contribution in [3.05, 3.63) is 0 Å². The van der Waals surface area contributed by atoms with E-state index in [1.165, 1.54) is 12.8 Å². The molecule has 0 fully saturated rings. The second-order valence-electron chi connectivity index (χ2n) is 3.55. The summed E-state index contributed by atoms with van der Waals surface area (Å²) in [5.41, 5.74) is 0. The van der Waals surface area contributed by atoms with Crippen molar-refractivity contribution in [3.63, 3.8) is 0 Å². The van der Waals surface area contributed by atoms with Crippen molar-refractivity contribution in [1.82, 2.24) is 5.32 Å². The standard InChI is InChI=1S/C11H23NO2/c1-4-7-10(3)12-9-6-8-11(13)14-5-2/h10,12H,4-9H2,1-3H3. The van der Waals surface area contributed by atoms with Crippen LogP contribution in [0.1, 0.15) is 46.5 Å². The van der Waals surface area contributed by atoms with Crippen LogP contribution in [0.2, 0.25) is 0 Å². The predicted molar refractivity (Wildman–Crippen MR) is 58.2 cm³/mol. The van der Waals surface area contributed by atoms with Crippen molar-refractivity contribution in [2.75, 3.05) is 13.2 Å². The lowest BCUT2D eigenvalue weighted by Gasteiger charge is -2.11. The van der Waals surface area contributed by atoms with Crippen LogP contribution in [-0.4, -0.2) is 25.2 Å². The average molecular weight is 201 g/mol. The van der Waals surface area contributed by atoms with E-state index in [-0.39, 0.29) is 5.97 Å². The molecule has 0 aromatic rings. The summed E-state index contributed by atoms with van der Waals surface area (Å²) in [5, 5.41) is 3.37. The number of carbonyl (C=O) groups excluding carboxylic acids is 1. The van der Waals surface area contributed by atoms with Crippen molar-refractivity contribution in [2.45, 2.75) is 52.5 Å². The lowest BCUT2D eigenvalue weighted by Crippen LogP contribution is -2.27. The largest absolute Gasteiger partial charge is 0.466 e. The van der Waals surface area contributed by atoms with Crippen LogP contribution in [0.3, 0.4) is 0 Å². The third-order valence-corrected chi connectivity index (χ3v) is 2.08. The van der Waals surface area contributed by atoms with Crippen molar-refractivity contribution in [1.29, 1.82) is 0 Å². The maximum atomic E-state index is 11.0. The Labute approximate surface area is 87.2 Å². The van der Waals surface area contributed by atoms with E-state index in [1.54, 1.807) is 0 Å². The van der Waals surface area contributed by atoms with Crippen LogP contribution in [0, 0.1) is 0 Å². The molecule has 3 nitrogen and oxygen atoms in total. The van der Waals surface area contributed by atoms with E-state index in [0.717, 1.165) is 13.0 Å². The van der Waals surface area contributed by atoms with Gasteiger partial charge in [-0.2, -0.15) is 0 Å². The Hall–Kier alpha value is -0.570. The summed E-state index contributed by atoms with van der Waals surface area (Å²) in [7, 11) is 0. The first-order valence-electron chi connectivity index (χ1n) is 5.59. The number of carbonyl (C=O) groups is 1. The number of hydrogen-bond acceptors (Lipinski definition) is 3. The molecule has 84 valence electrons. The zero-order chi connectivity index (χ0) is 10.8. The molecule has 0 amide bonds. The molecular weight excluding hydrogens is 178 g/mol. The van der Waals surface area contributed by atoms with Gasteiger partial charge in [-0.1, -0.05) is 13.3 Å². The van der Waals surface area contributed by atoms with Crippen LogP contribution in [0.25, 0.3) is 0 Å². The van der Waals surface area contributed by atoms with Crippen molar-refractivity contribution in [2.24, 2.45) is 0 Å². The first kappa shape index (κ1) is 13.4. The van der Waals surface area contributed by atoms with E-state index in [4.69, 9.17) is 4.74 Å². The van der Waals surface area contributed by atoms with Crippen LogP contribution in [0.15, 0.2) is 0 Å². The van der Waals surface area contributed by atoms with E-state index in [2.05, 4.69) is 19.2 Å². The molecule has 14 heavy (non-hydrogen) atoms. The fourth-order valence-corrected chi connectivity index (χ4v) is 1.35. The minimum absolute atomic E-state index is 0.0857. The molecule has 0 aliphatic rings. The summed E-state index contributed by atoms with van der Waals surface area (Å²) >= 11 is 0. The van der Waals surface area contributed by atoms with Crippen molar-refractivity contribution >= 4 is 5.97 Å². The van der Waals surface area contributed by atoms with Gasteiger partial charge in [-0.05, 0) is 33.2 Å². The number of hydrogen-bond donors (Lipinski definition) is 1. The van der Waals surface area contributed by atoms with Crippen molar-refractivity contribution in [3.8, 4) is 0 Å². The maximum absolute atomic E-state index is 11.0. The monoisotopic (exact) mass is 201 g/mol. The van der Waals surface area contributed by atoms with E-state index in [1.807, 2.05) is 6.92 Å². The highest BCUT2D eigenvalue weighted by Crippen LogP contribution is 1.96. The minimum atomic E-state index is -0.0857. The van der Waals surface area contributed by atoms with Crippen LogP contribution < -0.4 is 5.32 Å². The van der Waals surface area contributed by atoms with E-state index in [9.17, 15) is 4.79 Å². The van der Waals surface area contributed by atoms with E-state index < -0.39 is 0 Å². The molecule has 0 saturated carbocycles. The van der Waals surface area contributed by atoms with Crippen molar-refractivity contribution < 1.29 is 9.53 Å². The van der Waals surface area contributed by atoms with E-state index >= 15 is 0 Å². The SMILES string of the molecule is CCCC(C)NCCCC(=O)OCC. The Balaban J connectivity index is 3.24. The number of rotatable bonds is 8. The molecule has 3 heteroatoms. The Kier molecular flexibility index (Phi) is 8.64. The van der Waals surface area contributed by atoms with Crippen LogP contribution in [-0.2, 0) is 9.53 Å². The molecule has 1 N–H and O–H groups in total. The molecule has 0 bridgehead atoms. The fraction of sp³-hybridized carbons (Fsp3) is 0.909. The molecule has 1 atom stereocenters. The average Bonchev–Trinajstić information content (AvgIpc) is 2.13. The molecule has 0 aliphatic heterocycles. The fourth-order valence-electron chi connectivity index (χ4n) is 1.35. The molecule has 0 spiro atoms. The maximum Gasteiger partial charge on any atom is 0.305 e. The molecule has 0 aromatic heterocycles. The molecular formula is C11H23NO2.